The van der Waals surface area contributed by atoms with Gasteiger partial charge in [-0.3, -0.25) is 4.79 Å². The van der Waals surface area contributed by atoms with Crippen LogP contribution in [-0.4, -0.2) is 15.8 Å². The summed E-state index contributed by atoms with van der Waals surface area (Å²) in [7, 11) is 0. The van der Waals surface area contributed by atoms with Crippen LogP contribution in [0, 0.1) is 5.41 Å². The van der Waals surface area contributed by atoms with Crippen molar-refractivity contribution in [2.75, 3.05) is 10.6 Å². The van der Waals surface area contributed by atoms with Crippen LogP contribution in [0.15, 0.2) is 42.5 Å². The molecule has 1 heterocycles. The Bertz CT molecular complexity index is 1220. The van der Waals surface area contributed by atoms with Crippen LogP contribution >= 0.6 is 23.2 Å². The van der Waals surface area contributed by atoms with Crippen LogP contribution in [0.5, 0.6) is 0 Å². The summed E-state index contributed by atoms with van der Waals surface area (Å²) in [5.74, 6) is 0.171. The summed E-state index contributed by atoms with van der Waals surface area (Å²) < 4.78 is 39.3. The van der Waals surface area contributed by atoms with Crippen LogP contribution in [-0.2, 0) is 12.6 Å². The average molecular weight is 495 g/mol. The molecule has 0 saturated carbocycles. The zero-order valence-corrected chi connectivity index (χ0v) is 19.2. The topological polar surface area (TPSA) is 66.9 Å². The third-order valence-electron chi connectivity index (χ3n) is 5.12. The zero-order valence-electron chi connectivity index (χ0n) is 17.6. The zero-order chi connectivity index (χ0) is 24.0. The fourth-order valence-corrected chi connectivity index (χ4v) is 4.30. The Hall–Kier alpha value is -2.84. The molecule has 0 unspecified atom stereocenters. The van der Waals surface area contributed by atoms with E-state index in [2.05, 4.69) is 20.6 Å². The highest BCUT2D eigenvalue weighted by atomic mass is 35.5. The van der Waals surface area contributed by atoms with E-state index in [-0.39, 0.29) is 28.7 Å². The predicted octanol–water partition coefficient (Wildman–Crippen LogP) is 7.44. The number of nitrogens with one attached hydrogen (secondary N) is 2. The molecule has 0 radical (unpaired) electrons. The lowest BCUT2D eigenvalue weighted by atomic mass is 9.75. The molecule has 4 rings (SSSR count). The van der Waals surface area contributed by atoms with Crippen LogP contribution in [0.25, 0.3) is 0 Å². The summed E-state index contributed by atoms with van der Waals surface area (Å²) in [6.45, 7) is 3.92. The number of fused-ring (bicyclic) bond motifs is 1. The van der Waals surface area contributed by atoms with Crippen LogP contribution in [0.2, 0.25) is 10.0 Å². The number of benzene rings is 2. The maximum absolute atomic E-state index is 13.1. The van der Waals surface area contributed by atoms with E-state index in [1.165, 1.54) is 12.1 Å². The van der Waals surface area contributed by atoms with Crippen LogP contribution in [0.4, 0.5) is 36.3 Å². The molecule has 3 aromatic rings. The van der Waals surface area contributed by atoms with E-state index in [1.54, 1.807) is 18.2 Å². The van der Waals surface area contributed by atoms with Gasteiger partial charge in [-0.25, -0.2) is 4.98 Å². The van der Waals surface area contributed by atoms with Crippen molar-refractivity contribution in [1.29, 1.82) is 0 Å². The molecule has 0 fully saturated rings. The van der Waals surface area contributed by atoms with Crippen molar-refractivity contribution < 1.29 is 18.0 Å². The highest BCUT2D eigenvalue weighted by molar-refractivity contribution is 6.35. The van der Waals surface area contributed by atoms with Crippen LogP contribution in [0.1, 0.15) is 41.9 Å². The second-order valence-corrected chi connectivity index (χ2v) is 9.52. The first-order valence-electron chi connectivity index (χ1n) is 10.0. The molecular weight excluding hydrogens is 476 g/mol. The van der Waals surface area contributed by atoms with Gasteiger partial charge in [0.1, 0.15) is 5.82 Å². The van der Waals surface area contributed by atoms with E-state index in [9.17, 15) is 18.0 Å². The molecule has 0 saturated heterocycles. The highest BCUT2D eigenvalue weighted by Gasteiger charge is 2.35. The van der Waals surface area contributed by atoms with E-state index in [0.717, 1.165) is 12.1 Å². The molecule has 1 aliphatic rings. The number of aromatic nitrogens is 2. The van der Waals surface area contributed by atoms with Gasteiger partial charge in [0.05, 0.1) is 16.8 Å². The summed E-state index contributed by atoms with van der Waals surface area (Å²) in [5.41, 5.74) is 0.423. The minimum absolute atomic E-state index is 0.0641. The number of ketones is 1. The van der Waals surface area contributed by atoms with E-state index >= 15 is 0 Å². The average Bonchev–Trinajstić information content (AvgIpc) is 2.65. The lowest BCUT2D eigenvalue weighted by Crippen LogP contribution is -2.29. The largest absolute Gasteiger partial charge is 0.416 e. The van der Waals surface area contributed by atoms with Crippen molar-refractivity contribution >= 4 is 52.1 Å². The number of carbonyl (C=O) groups is 1. The van der Waals surface area contributed by atoms with Crippen molar-refractivity contribution in [1.82, 2.24) is 9.97 Å². The minimum atomic E-state index is -4.48. The molecule has 5 nitrogen and oxygen atoms in total. The Balaban J connectivity index is 1.77. The van der Waals surface area contributed by atoms with E-state index in [0.29, 0.717) is 39.8 Å². The predicted molar refractivity (Wildman–Crippen MR) is 123 cm³/mol. The number of nitrogens with zero attached hydrogens (tertiary/aromatic N) is 2. The van der Waals surface area contributed by atoms with Crippen molar-refractivity contribution in [3.8, 4) is 0 Å². The molecule has 0 atom stereocenters. The Morgan fingerprint density at radius 1 is 0.939 bits per heavy atom. The Morgan fingerprint density at radius 3 is 2.30 bits per heavy atom. The number of anilines is 4. The van der Waals surface area contributed by atoms with Gasteiger partial charge in [0.2, 0.25) is 5.95 Å². The minimum Gasteiger partial charge on any atom is -0.339 e. The van der Waals surface area contributed by atoms with E-state index in [1.807, 2.05) is 13.8 Å². The van der Waals surface area contributed by atoms with Crippen LogP contribution < -0.4 is 10.6 Å². The molecule has 10 heteroatoms. The molecule has 0 aliphatic heterocycles. The Kier molecular flexibility index (Phi) is 6.01. The summed E-state index contributed by atoms with van der Waals surface area (Å²) in [6, 6.07) is 9.55. The fourth-order valence-electron chi connectivity index (χ4n) is 3.78. The first-order valence-corrected chi connectivity index (χ1v) is 10.8. The Morgan fingerprint density at radius 2 is 1.64 bits per heavy atom. The number of hydrogen-bond acceptors (Lipinski definition) is 5. The molecule has 1 aromatic heterocycles. The summed E-state index contributed by atoms with van der Waals surface area (Å²) >= 11 is 12.2. The molecule has 0 bridgehead atoms. The highest BCUT2D eigenvalue weighted by Crippen LogP contribution is 2.38. The van der Waals surface area contributed by atoms with Gasteiger partial charge >= 0.3 is 6.18 Å². The second kappa shape index (κ2) is 8.50. The molecular formula is C23H19Cl2F3N4O. The summed E-state index contributed by atoms with van der Waals surface area (Å²) in [6.07, 6.45) is -3.67. The van der Waals surface area contributed by atoms with Gasteiger partial charge in [0.15, 0.2) is 5.78 Å². The quantitative estimate of drug-likeness (QED) is 0.394. The van der Waals surface area contributed by atoms with E-state index in [4.69, 9.17) is 23.2 Å². The van der Waals surface area contributed by atoms with Crippen molar-refractivity contribution in [3.63, 3.8) is 0 Å². The smallest absolute Gasteiger partial charge is 0.339 e. The third-order valence-corrected chi connectivity index (χ3v) is 5.56. The number of halogens is 5. The van der Waals surface area contributed by atoms with Gasteiger partial charge in [-0.1, -0.05) is 43.1 Å². The molecule has 172 valence electrons. The normalized spacial score (nSPS) is 15.2. The molecule has 2 N–H and O–H groups in total. The maximum atomic E-state index is 13.1. The standard InChI is InChI=1S/C23H19Cl2F3N4O/c1-22(2)10-17-19(18(33)11-22)20(29-16-8-13(24)7-14(25)9-16)32-21(31-17)30-15-5-3-4-12(6-15)23(26,27)28/h3-9H,10-11H2,1-2H3,(H2,29,30,31,32). The fraction of sp³-hybridized carbons (Fsp3) is 0.261. The van der Waals surface area contributed by atoms with Gasteiger partial charge in [0.25, 0.3) is 0 Å². The summed E-state index contributed by atoms with van der Waals surface area (Å²) in [5, 5.41) is 6.69. The first kappa shape index (κ1) is 23.3. The van der Waals surface area contributed by atoms with E-state index < -0.39 is 11.7 Å². The lowest BCUT2D eigenvalue weighted by Gasteiger charge is -2.30. The second-order valence-electron chi connectivity index (χ2n) is 8.65. The number of alkyl halides is 3. The van der Waals surface area contributed by atoms with Crippen LogP contribution in [0.3, 0.4) is 0 Å². The van der Waals surface area contributed by atoms with Gasteiger partial charge in [0, 0.05) is 27.8 Å². The number of carbonyl (C=O) groups excluding carboxylic acids is 1. The van der Waals surface area contributed by atoms with Gasteiger partial charge in [-0.05, 0) is 48.2 Å². The maximum Gasteiger partial charge on any atom is 0.416 e. The Labute approximate surface area is 198 Å². The molecule has 33 heavy (non-hydrogen) atoms. The van der Waals surface area contributed by atoms with Gasteiger partial charge in [-0.2, -0.15) is 18.2 Å². The first-order chi connectivity index (χ1) is 15.4. The van der Waals surface area contributed by atoms with Crippen molar-refractivity contribution in [2.24, 2.45) is 5.41 Å². The van der Waals surface area contributed by atoms with Gasteiger partial charge < -0.3 is 10.6 Å². The number of Topliss-reactive ketones (excluding diaryl/α,β-unsaturated/α-hetero) is 1. The molecule has 2 aromatic carbocycles. The third kappa shape index (κ3) is 5.39. The molecule has 0 amide bonds. The monoisotopic (exact) mass is 494 g/mol. The number of hydrogen-bond donors (Lipinski definition) is 2. The van der Waals surface area contributed by atoms with Gasteiger partial charge in [-0.15, -0.1) is 0 Å². The SMILES string of the molecule is CC1(C)CC(=O)c2c(nc(Nc3cccc(C(F)(F)F)c3)nc2Nc2cc(Cl)cc(Cl)c2)C1. The number of rotatable bonds is 4. The molecule has 1 aliphatic carbocycles. The van der Waals surface area contributed by atoms with Crippen molar-refractivity contribution in [2.45, 2.75) is 32.9 Å². The lowest BCUT2D eigenvalue weighted by molar-refractivity contribution is -0.137. The summed E-state index contributed by atoms with van der Waals surface area (Å²) in [4.78, 5) is 21.8. The van der Waals surface area contributed by atoms with Crippen molar-refractivity contribution in [3.05, 3.63) is 69.3 Å². The molecule has 0 spiro atoms.